The Hall–Kier alpha value is -0.760. The van der Waals surface area contributed by atoms with Gasteiger partial charge in [0.15, 0.2) is 9.84 Å². The first-order chi connectivity index (χ1) is 10.0. The molecule has 21 heavy (non-hydrogen) atoms. The van der Waals surface area contributed by atoms with Crippen LogP contribution in [0.1, 0.15) is 35.1 Å². The minimum atomic E-state index is -3.00. The maximum absolute atomic E-state index is 11.3. The number of likely N-dealkylation sites (tertiary alicyclic amines) is 1. The Labute approximate surface area is 133 Å². The molecule has 0 bridgehead atoms. The zero-order valence-electron chi connectivity index (χ0n) is 11.9. The second-order valence-electron chi connectivity index (χ2n) is 5.49. The molecule has 1 aliphatic rings. The van der Waals surface area contributed by atoms with Crippen LogP contribution in [0.25, 0.3) is 0 Å². The summed E-state index contributed by atoms with van der Waals surface area (Å²) in [4.78, 5) is 6.92. The highest BCUT2D eigenvalue weighted by Crippen LogP contribution is 2.34. The number of thiophene rings is 1. The van der Waals surface area contributed by atoms with E-state index in [1.54, 1.807) is 11.3 Å². The van der Waals surface area contributed by atoms with Crippen molar-refractivity contribution in [2.75, 3.05) is 12.8 Å². The molecule has 7 heteroatoms. The number of nitrogens with zero attached hydrogens (tertiary/aromatic N) is 2. The fourth-order valence-corrected chi connectivity index (χ4v) is 5.48. The molecule has 2 aromatic heterocycles. The topological polar surface area (TPSA) is 50.3 Å². The summed E-state index contributed by atoms with van der Waals surface area (Å²) in [7, 11) is -3.00. The van der Waals surface area contributed by atoms with Crippen LogP contribution in [0.2, 0.25) is 0 Å². The first kappa shape index (κ1) is 15.1. The molecule has 0 N–H and O–H groups in total. The van der Waals surface area contributed by atoms with Crippen molar-refractivity contribution in [1.82, 2.24) is 9.88 Å². The lowest BCUT2D eigenvalue weighted by molar-refractivity contribution is 0.246. The predicted octanol–water partition coefficient (Wildman–Crippen LogP) is 3.09. The van der Waals surface area contributed by atoms with Crippen LogP contribution < -0.4 is 0 Å². The summed E-state index contributed by atoms with van der Waals surface area (Å²) in [5.74, 6) is 0.0472. The molecule has 1 aliphatic heterocycles. The largest absolute Gasteiger partial charge is 0.290 e. The summed E-state index contributed by atoms with van der Waals surface area (Å²) in [6, 6.07) is 2.68. The Morgan fingerprint density at radius 1 is 1.43 bits per heavy atom. The minimum Gasteiger partial charge on any atom is -0.290 e. The van der Waals surface area contributed by atoms with Gasteiger partial charge in [0.1, 0.15) is 10.8 Å². The molecule has 0 amide bonds. The highest BCUT2D eigenvalue weighted by Gasteiger charge is 2.26. The van der Waals surface area contributed by atoms with Crippen molar-refractivity contribution in [2.45, 2.75) is 31.2 Å². The van der Waals surface area contributed by atoms with Crippen LogP contribution in [-0.4, -0.2) is 31.1 Å². The third-order valence-corrected chi connectivity index (χ3v) is 6.22. The van der Waals surface area contributed by atoms with Gasteiger partial charge in [-0.1, -0.05) is 0 Å². The smallest absolute Gasteiger partial charge is 0.153 e. The lowest BCUT2D eigenvalue weighted by atomic mass is 10.1. The number of rotatable bonds is 5. The van der Waals surface area contributed by atoms with Crippen LogP contribution in [0, 0.1) is 0 Å². The van der Waals surface area contributed by atoms with Gasteiger partial charge in [0.2, 0.25) is 0 Å². The van der Waals surface area contributed by atoms with Crippen LogP contribution in [0.4, 0.5) is 0 Å². The summed E-state index contributed by atoms with van der Waals surface area (Å²) in [6.45, 7) is 1.89. The molecular formula is C14H18N2O2S3. The maximum Gasteiger partial charge on any atom is 0.153 e. The highest BCUT2D eigenvalue weighted by molar-refractivity contribution is 7.90. The van der Waals surface area contributed by atoms with Gasteiger partial charge in [-0.15, -0.1) is 11.3 Å². The molecule has 2 aromatic rings. The number of aromatic nitrogens is 1. The maximum atomic E-state index is 11.3. The molecule has 1 atom stereocenters. The monoisotopic (exact) mass is 342 g/mol. The average molecular weight is 343 g/mol. The first-order valence-corrected chi connectivity index (χ1v) is 10.8. The van der Waals surface area contributed by atoms with E-state index in [0.29, 0.717) is 11.0 Å². The summed E-state index contributed by atoms with van der Waals surface area (Å²) in [6.07, 6.45) is 3.65. The SMILES string of the molecule is CS(=O)(=O)Cc1nc(CN2CCCC2c2ccsc2)cs1. The Balaban J connectivity index is 1.69. The third kappa shape index (κ3) is 3.91. The first-order valence-electron chi connectivity index (χ1n) is 6.88. The van der Waals surface area contributed by atoms with Gasteiger partial charge in [0.25, 0.3) is 0 Å². The molecule has 3 heterocycles. The number of hydrogen-bond acceptors (Lipinski definition) is 6. The van der Waals surface area contributed by atoms with E-state index in [1.807, 2.05) is 5.38 Å². The fourth-order valence-electron chi connectivity index (χ4n) is 2.78. The summed E-state index contributed by atoms with van der Waals surface area (Å²) in [5, 5.41) is 7.03. The molecule has 1 saturated heterocycles. The number of thiazole rings is 1. The molecule has 0 aliphatic carbocycles. The molecule has 114 valence electrons. The molecule has 1 fully saturated rings. The molecule has 0 spiro atoms. The van der Waals surface area contributed by atoms with Crippen LogP contribution in [0.3, 0.4) is 0 Å². The molecule has 3 rings (SSSR count). The van der Waals surface area contributed by atoms with Crippen molar-refractivity contribution in [3.8, 4) is 0 Å². The van der Waals surface area contributed by atoms with Gasteiger partial charge in [0.05, 0.1) is 5.69 Å². The van der Waals surface area contributed by atoms with E-state index < -0.39 is 9.84 Å². The van der Waals surface area contributed by atoms with Gasteiger partial charge >= 0.3 is 0 Å². The standard InChI is InChI=1S/C14H18N2O2S3/c1-21(17,18)10-14-15-12(9-20-14)7-16-5-2-3-13(16)11-4-6-19-8-11/h4,6,8-9,13H,2-3,5,7,10H2,1H3. The van der Waals surface area contributed by atoms with E-state index in [2.05, 4.69) is 26.7 Å². The third-order valence-electron chi connectivity index (χ3n) is 3.64. The van der Waals surface area contributed by atoms with E-state index in [9.17, 15) is 8.42 Å². The van der Waals surface area contributed by atoms with Crippen molar-refractivity contribution in [2.24, 2.45) is 0 Å². The highest BCUT2D eigenvalue weighted by atomic mass is 32.2. The summed E-state index contributed by atoms with van der Waals surface area (Å²) in [5.41, 5.74) is 2.38. The van der Waals surface area contributed by atoms with E-state index in [4.69, 9.17) is 0 Å². The van der Waals surface area contributed by atoms with Crippen molar-refractivity contribution >= 4 is 32.5 Å². The minimum absolute atomic E-state index is 0.0472. The Bertz CT molecular complexity index is 692. The van der Waals surface area contributed by atoms with Crippen LogP contribution in [0.5, 0.6) is 0 Å². The zero-order chi connectivity index (χ0) is 14.9. The second-order valence-corrected chi connectivity index (χ2v) is 9.35. The normalized spacial score (nSPS) is 20.1. The van der Waals surface area contributed by atoms with Crippen LogP contribution >= 0.6 is 22.7 Å². The molecular weight excluding hydrogens is 324 g/mol. The lowest BCUT2D eigenvalue weighted by Gasteiger charge is -2.22. The Kier molecular flexibility index (Phi) is 4.44. The molecule has 0 aromatic carbocycles. The van der Waals surface area contributed by atoms with E-state index >= 15 is 0 Å². The lowest BCUT2D eigenvalue weighted by Crippen LogP contribution is -2.22. The Morgan fingerprint density at radius 3 is 3.00 bits per heavy atom. The fraction of sp³-hybridized carbons (Fsp3) is 0.500. The molecule has 0 radical (unpaired) electrons. The van der Waals surface area contributed by atoms with E-state index in [-0.39, 0.29) is 5.75 Å². The molecule has 1 unspecified atom stereocenters. The van der Waals surface area contributed by atoms with E-state index in [0.717, 1.165) is 18.8 Å². The van der Waals surface area contributed by atoms with Gasteiger partial charge in [-0.25, -0.2) is 13.4 Å². The van der Waals surface area contributed by atoms with Crippen molar-refractivity contribution < 1.29 is 8.42 Å². The van der Waals surface area contributed by atoms with Gasteiger partial charge in [-0.2, -0.15) is 11.3 Å². The molecule has 0 saturated carbocycles. The van der Waals surface area contributed by atoms with Crippen LogP contribution in [0.15, 0.2) is 22.2 Å². The van der Waals surface area contributed by atoms with Crippen molar-refractivity contribution in [3.63, 3.8) is 0 Å². The second kappa shape index (κ2) is 6.16. The van der Waals surface area contributed by atoms with Gasteiger partial charge in [0, 0.05) is 24.2 Å². The number of hydrogen-bond donors (Lipinski definition) is 0. The summed E-state index contributed by atoms with van der Waals surface area (Å²) >= 11 is 3.18. The summed E-state index contributed by atoms with van der Waals surface area (Å²) < 4.78 is 22.6. The van der Waals surface area contributed by atoms with Crippen LogP contribution in [-0.2, 0) is 22.1 Å². The quantitative estimate of drug-likeness (QED) is 0.838. The average Bonchev–Trinajstić information content (AvgIpc) is 3.08. The van der Waals surface area contributed by atoms with Crippen molar-refractivity contribution in [3.05, 3.63) is 38.5 Å². The molecule has 4 nitrogen and oxygen atoms in total. The predicted molar refractivity (Wildman–Crippen MR) is 87.4 cm³/mol. The van der Waals surface area contributed by atoms with Gasteiger partial charge in [-0.3, -0.25) is 4.90 Å². The Morgan fingerprint density at radius 2 is 2.29 bits per heavy atom. The van der Waals surface area contributed by atoms with Gasteiger partial charge < -0.3 is 0 Å². The zero-order valence-corrected chi connectivity index (χ0v) is 14.3. The number of sulfone groups is 1. The van der Waals surface area contributed by atoms with Crippen molar-refractivity contribution in [1.29, 1.82) is 0 Å². The van der Waals surface area contributed by atoms with E-state index in [1.165, 1.54) is 36.0 Å². The van der Waals surface area contributed by atoms with Gasteiger partial charge in [-0.05, 0) is 41.8 Å².